The van der Waals surface area contributed by atoms with Gasteiger partial charge in [-0.25, -0.2) is 4.39 Å². The Morgan fingerprint density at radius 3 is 3.00 bits per heavy atom. The van der Waals surface area contributed by atoms with E-state index in [0.717, 1.165) is 18.7 Å². The summed E-state index contributed by atoms with van der Waals surface area (Å²) in [5, 5.41) is 12.2. The molecule has 0 amide bonds. The molecule has 0 saturated carbocycles. The minimum atomic E-state index is -0.349. The minimum absolute atomic E-state index is 0.349. The number of nitrogens with one attached hydrogen (secondary N) is 1. The van der Waals surface area contributed by atoms with E-state index >= 15 is 0 Å². The van der Waals surface area contributed by atoms with E-state index in [1.807, 2.05) is 6.07 Å². The van der Waals surface area contributed by atoms with Gasteiger partial charge in [0, 0.05) is 24.3 Å². The van der Waals surface area contributed by atoms with Gasteiger partial charge < -0.3 is 5.32 Å². The molecule has 1 N–H and O–H groups in total. The van der Waals surface area contributed by atoms with Crippen LogP contribution in [0.1, 0.15) is 24.8 Å². The van der Waals surface area contributed by atoms with Gasteiger partial charge in [-0.3, -0.25) is 4.90 Å². The topological polar surface area (TPSA) is 39.1 Å². The van der Waals surface area contributed by atoms with Crippen molar-refractivity contribution in [3.8, 4) is 6.07 Å². The van der Waals surface area contributed by atoms with Gasteiger partial charge in [0.25, 0.3) is 0 Å². The highest BCUT2D eigenvalue weighted by Gasteiger charge is 2.36. The summed E-state index contributed by atoms with van der Waals surface area (Å²) in [4.78, 5) is 2.50. The maximum atomic E-state index is 13.4. The molecule has 94 valence electrons. The summed E-state index contributed by atoms with van der Waals surface area (Å²) < 4.78 is 13.4. The zero-order valence-corrected chi connectivity index (χ0v) is 10.2. The van der Waals surface area contributed by atoms with Crippen molar-refractivity contribution in [1.29, 1.82) is 5.26 Å². The van der Waals surface area contributed by atoms with Crippen LogP contribution in [0.15, 0.2) is 18.2 Å². The lowest BCUT2D eigenvalue weighted by atomic mass is 10.1. The fraction of sp³-hybridized carbons (Fsp3) is 0.500. The minimum Gasteiger partial charge on any atom is -0.381 e. The van der Waals surface area contributed by atoms with Crippen molar-refractivity contribution in [3.05, 3.63) is 29.6 Å². The van der Waals surface area contributed by atoms with Gasteiger partial charge in [0.05, 0.1) is 11.6 Å². The summed E-state index contributed by atoms with van der Waals surface area (Å²) in [5.74, 6) is -0.349. The number of hydrogen-bond acceptors (Lipinski definition) is 3. The Morgan fingerprint density at radius 1 is 1.28 bits per heavy atom. The van der Waals surface area contributed by atoms with Crippen LogP contribution in [0.4, 0.5) is 10.1 Å². The number of rotatable bonds is 2. The third-order valence-corrected chi connectivity index (χ3v) is 3.98. The van der Waals surface area contributed by atoms with Crippen molar-refractivity contribution < 1.29 is 4.39 Å². The van der Waals surface area contributed by atoms with Crippen LogP contribution in [0.5, 0.6) is 0 Å². The first-order valence-electron chi connectivity index (χ1n) is 6.47. The predicted octanol–water partition coefficient (Wildman–Crippen LogP) is 2.35. The summed E-state index contributed by atoms with van der Waals surface area (Å²) in [7, 11) is 0. The largest absolute Gasteiger partial charge is 0.381 e. The van der Waals surface area contributed by atoms with Crippen molar-refractivity contribution in [2.75, 3.05) is 18.4 Å². The lowest BCUT2D eigenvalue weighted by molar-refractivity contribution is 0.318. The van der Waals surface area contributed by atoms with E-state index in [1.54, 1.807) is 6.07 Å². The molecule has 0 bridgehead atoms. The summed E-state index contributed by atoms with van der Waals surface area (Å²) in [6, 6.07) is 7.42. The predicted molar refractivity (Wildman–Crippen MR) is 67.7 cm³/mol. The Kier molecular flexibility index (Phi) is 2.92. The van der Waals surface area contributed by atoms with E-state index in [-0.39, 0.29) is 5.82 Å². The summed E-state index contributed by atoms with van der Waals surface area (Å²) in [6.45, 7) is 2.32. The molecule has 2 aliphatic heterocycles. The van der Waals surface area contributed by atoms with E-state index in [2.05, 4.69) is 10.2 Å². The van der Waals surface area contributed by atoms with Gasteiger partial charge in [0.1, 0.15) is 5.82 Å². The highest BCUT2D eigenvalue weighted by Crippen LogP contribution is 2.30. The molecule has 0 aliphatic carbocycles. The maximum absolute atomic E-state index is 13.4. The van der Waals surface area contributed by atoms with Crippen molar-refractivity contribution in [3.63, 3.8) is 0 Å². The van der Waals surface area contributed by atoms with Gasteiger partial charge in [-0.1, -0.05) is 0 Å². The Bertz CT molecular complexity index is 494. The third kappa shape index (κ3) is 2.06. The highest BCUT2D eigenvalue weighted by atomic mass is 19.1. The standard InChI is InChI=1S/C14H16FN3/c15-11-6-10(9-16)7-12(8-11)17-13-3-5-18-4-1-2-14(13)18/h6-8,13-14,17H,1-5H2. The number of nitrogens with zero attached hydrogens (tertiary/aromatic N) is 2. The quantitative estimate of drug-likeness (QED) is 0.869. The van der Waals surface area contributed by atoms with Gasteiger partial charge >= 0.3 is 0 Å². The molecule has 4 heteroatoms. The van der Waals surface area contributed by atoms with Gasteiger partial charge in [0.15, 0.2) is 0 Å². The van der Waals surface area contributed by atoms with E-state index in [0.29, 0.717) is 17.6 Å². The molecule has 0 spiro atoms. The van der Waals surface area contributed by atoms with Crippen LogP contribution in [0.2, 0.25) is 0 Å². The Labute approximate surface area is 106 Å². The molecule has 3 rings (SSSR count). The lowest BCUT2D eigenvalue weighted by Gasteiger charge is -2.22. The number of benzene rings is 1. The average molecular weight is 245 g/mol. The molecule has 2 atom stereocenters. The smallest absolute Gasteiger partial charge is 0.126 e. The zero-order valence-electron chi connectivity index (χ0n) is 10.2. The fourth-order valence-corrected chi connectivity index (χ4v) is 3.20. The number of halogens is 1. The maximum Gasteiger partial charge on any atom is 0.126 e. The summed E-state index contributed by atoms with van der Waals surface area (Å²) >= 11 is 0. The van der Waals surface area contributed by atoms with Crippen molar-refractivity contribution >= 4 is 5.69 Å². The van der Waals surface area contributed by atoms with Gasteiger partial charge in [-0.15, -0.1) is 0 Å². The van der Waals surface area contributed by atoms with Crippen molar-refractivity contribution in [2.24, 2.45) is 0 Å². The van der Waals surface area contributed by atoms with E-state index in [1.165, 1.54) is 31.5 Å². The molecule has 2 saturated heterocycles. The van der Waals surface area contributed by atoms with Crippen LogP contribution in [-0.2, 0) is 0 Å². The van der Waals surface area contributed by atoms with Crippen LogP contribution in [0, 0.1) is 17.1 Å². The van der Waals surface area contributed by atoms with Crippen LogP contribution < -0.4 is 5.32 Å². The van der Waals surface area contributed by atoms with E-state index in [4.69, 9.17) is 5.26 Å². The highest BCUT2D eigenvalue weighted by molar-refractivity contribution is 5.50. The molecule has 2 heterocycles. The molecule has 1 aromatic carbocycles. The SMILES string of the molecule is N#Cc1cc(F)cc(NC2CCN3CCCC23)c1. The molecule has 2 aliphatic rings. The number of anilines is 1. The molecule has 2 fully saturated rings. The molecule has 2 unspecified atom stereocenters. The third-order valence-electron chi connectivity index (χ3n) is 3.98. The number of hydrogen-bond donors (Lipinski definition) is 1. The zero-order chi connectivity index (χ0) is 12.5. The molecular weight excluding hydrogens is 229 g/mol. The second-order valence-electron chi connectivity index (χ2n) is 5.13. The number of fused-ring (bicyclic) bond motifs is 1. The Morgan fingerprint density at radius 2 is 2.17 bits per heavy atom. The normalized spacial score (nSPS) is 26.9. The van der Waals surface area contributed by atoms with Gasteiger partial charge in [0.2, 0.25) is 0 Å². The number of nitriles is 1. The fourth-order valence-electron chi connectivity index (χ4n) is 3.20. The monoisotopic (exact) mass is 245 g/mol. The van der Waals surface area contributed by atoms with E-state index in [9.17, 15) is 4.39 Å². The first-order chi connectivity index (χ1) is 8.76. The molecule has 0 aromatic heterocycles. The second kappa shape index (κ2) is 4.58. The second-order valence-corrected chi connectivity index (χ2v) is 5.13. The van der Waals surface area contributed by atoms with Gasteiger partial charge in [-0.05, 0) is 44.0 Å². The average Bonchev–Trinajstić information content (AvgIpc) is 2.93. The Balaban J connectivity index is 1.77. The summed E-state index contributed by atoms with van der Waals surface area (Å²) in [5.41, 5.74) is 1.10. The van der Waals surface area contributed by atoms with Crippen LogP contribution in [0.25, 0.3) is 0 Å². The molecule has 0 radical (unpaired) electrons. The van der Waals surface area contributed by atoms with E-state index < -0.39 is 0 Å². The van der Waals surface area contributed by atoms with Crippen LogP contribution in [0.3, 0.4) is 0 Å². The molecule has 18 heavy (non-hydrogen) atoms. The lowest BCUT2D eigenvalue weighted by Crippen LogP contribution is -2.33. The summed E-state index contributed by atoms with van der Waals surface area (Å²) in [6.07, 6.45) is 3.58. The van der Waals surface area contributed by atoms with Crippen LogP contribution >= 0.6 is 0 Å². The molecular formula is C14H16FN3. The van der Waals surface area contributed by atoms with Crippen molar-refractivity contribution in [1.82, 2.24) is 4.90 Å². The van der Waals surface area contributed by atoms with Crippen LogP contribution in [-0.4, -0.2) is 30.1 Å². The molecule has 3 nitrogen and oxygen atoms in total. The van der Waals surface area contributed by atoms with Crippen molar-refractivity contribution in [2.45, 2.75) is 31.3 Å². The molecule has 1 aromatic rings. The first-order valence-corrected chi connectivity index (χ1v) is 6.47. The Hall–Kier alpha value is -1.60. The first kappa shape index (κ1) is 11.5. The van der Waals surface area contributed by atoms with Gasteiger partial charge in [-0.2, -0.15) is 5.26 Å².